The van der Waals surface area contributed by atoms with Crippen molar-refractivity contribution < 1.29 is 14.4 Å². The predicted molar refractivity (Wildman–Crippen MR) is 93.6 cm³/mol. The van der Waals surface area contributed by atoms with Crippen LogP contribution < -0.4 is 16.0 Å². The highest BCUT2D eigenvalue weighted by Gasteiger charge is 2.37. The number of benzene rings is 1. The number of hydrogen-bond acceptors (Lipinski definition) is 3. The molecule has 2 rings (SSSR count). The molecule has 0 aliphatic heterocycles. The summed E-state index contributed by atoms with van der Waals surface area (Å²) < 4.78 is 0. The maximum atomic E-state index is 12.5. The van der Waals surface area contributed by atoms with Gasteiger partial charge in [-0.1, -0.05) is 18.9 Å². The average Bonchev–Trinajstić information content (AvgIpc) is 2.99. The van der Waals surface area contributed by atoms with Gasteiger partial charge in [0.2, 0.25) is 17.7 Å². The highest BCUT2D eigenvalue weighted by molar-refractivity contribution is 6.10. The monoisotopic (exact) mass is 331 g/mol. The van der Waals surface area contributed by atoms with Gasteiger partial charge in [0.1, 0.15) is 5.41 Å². The van der Waals surface area contributed by atoms with Crippen LogP contribution in [-0.4, -0.2) is 23.8 Å². The third kappa shape index (κ3) is 4.57. The molecule has 1 aliphatic rings. The fourth-order valence-electron chi connectivity index (χ4n) is 2.70. The molecule has 0 heterocycles. The number of rotatable bonds is 5. The standard InChI is InChI=1S/C18H25N3O3/c1-12(22)19-14-9-6-10-15(11-14)21-17(24)18(2,3)16(23)20-13-7-4-5-8-13/h6,9-11,13H,4-5,7-8H2,1-3H3,(H,19,22)(H,20,23)(H,21,24). The molecule has 0 unspecified atom stereocenters. The van der Waals surface area contributed by atoms with Crippen LogP contribution in [0.1, 0.15) is 46.5 Å². The quantitative estimate of drug-likeness (QED) is 0.725. The van der Waals surface area contributed by atoms with Crippen LogP contribution in [0.5, 0.6) is 0 Å². The Morgan fingerprint density at radius 1 is 1.00 bits per heavy atom. The van der Waals surface area contributed by atoms with Crippen molar-refractivity contribution in [1.29, 1.82) is 0 Å². The van der Waals surface area contributed by atoms with Crippen LogP contribution >= 0.6 is 0 Å². The Balaban J connectivity index is 2.01. The highest BCUT2D eigenvalue weighted by atomic mass is 16.2. The zero-order chi connectivity index (χ0) is 17.7. The van der Waals surface area contributed by atoms with Gasteiger partial charge in [0.25, 0.3) is 0 Å². The minimum atomic E-state index is -1.17. The molecule has 0 spiro atoms. The van der Waals surface area contributed by atoms with Gasteiger partial charge in [-0.3, -0.25) is 14.4 Å². The lowest BCUT2D eigenvalue weighted by Gasteiger charge is -2.25. The van der Waals surface area contributed by atoms with E-state index in [1.165, 1.54) is 6.92 Å². The summed E-state index contributed by atoms with van der Waals surface area (Å²) in [5, 5.41) is 8.38. The minimum Gasteiger partial charge on any atom is -0.352 e. The van der Waals surface area contributed by atoms with Crippen molar-refractivity contribution in [3.63, 3.8) is 0 Å². The van der Waals surface area contributed by atoms with Gasteiger partial charge in [-0.25, -0.2) is 0 Å². The number of hydrogen-bond donors (Lipinski definition) is 3. The second-order valence-corrected chi connectivity index (χ2v) is 6.80. The summed E-state index contributed by atoms with van der Waals surface area (Å²) in [4.78, 5) is 36.1. The van der Waals surface area contributed by atoms with Gasteiger partial charge >= 0.3 is 0 Å². The molecule has 3 N–H and O–H groups in total. The van der Waals surface area contributed by atoms with Gasteiger partial charge in [0.05, 0.1) is 0 Å². The van der Waals surface area contributed by atoms with Crippen molar-refractivity contribution in [1.82, 2.24) is 5.32 Å². The van der Waals surface area contributed by atoms with Crippen molar-refractivity contribution >= 4 is 29.1 Å². The molecule has 0 aromatic heterocycles. The Morgan fingerprint density at radius 2 is 1.58 bits per heavy atom. The fraction of sp³-hybridized carbons (Fsp3) is 0.500. The first-order valence-electron chi connectivity index (χ1n) is 8.29. The summed E-state index contributed by atoms with van der Waals surface area (Å²) in [6.45, 7) is 4.65. The maximum absolute atomic E-state index is 12.5. The van der Waals surface area contributed by atoms with E-state index in [9.17, 15) is 14.4 Å². The average molecular weight is 331 g/mol. The number of carbonyl (C=O) groups excluding carboxylic acids is 3. The molecule has 1 saturated carbocycles. The topological polar surface area (TPSA) is 87.3 Å². The van der Waals surface area contributed by atoms with Crippen LogP contribution in [0, 0.1) is 5.41 Å². The predicted octanol–water partition coefficient (Wildman–Crippen LogP) is 2.67. The largest absolute Gasteiger partial charge is 0.352 e. The van der Waals surface area contributed by atoms with Crippen molar-refractivity contribution in [3.05, 3.63) is 24.3 Å². The molecule has 6 nitrogen and oxygen atoms in total. The van der Waals surface area contributed by atoms with Crippen molar-refractivity contribution in [2.75, 3.05) is 10.6 Å². The van der Waals surface area contributed by atoms with Gasteiger partial charge in [-0.05, 0) is 44.9 Å². The molecule has 1 aliphatic carbocycles. The lowest BCUT2D eigenvalue weighted by atomic mass is 9.90. The van der Waals surface area contributed by atoms with Gasteiger partial charge in [0, 0.05) is 24.3 Å². The van der Waals surface area contributed by atoms with Crippen LogP contribution in [0.2, 0.25) is 0 Å². The van der Waals surface area contributed by atoms with E-state index in [0.717, 1.165) is 25.7 Å². The van der Waals surface area contributed by atoms with E-state index in [2.05, 4.69) is 16.0 Å². The smallest absolute Gasteiger partial charge is 0.239 e. The van der Waals surface area contributed by atoms with Crippen LogP contribution in [-0.2, 0) is 14.4 Å². The van der Waals surface area contributed by atoms with E-state index < -0.39 is 5.41 Å². The van der Waals surface area contributed by atoms with Gasteiger partial charge in [-0.15, -0.1) is 0 Å². The van der Waals surface area contributed by atoms with Crippen molar-refractivity contribution in [2.45, 2.75) is 52.5 Å². The zero-order valence-electron chi connectivity index (χ0n) is 14.4. The summed E-state index contributed by atoms with van der Waals surface area (Å²) in [6, 6.07) is 7.01. The molecule has 130 valence electrons. The lowest BCUT2D eigenvalue weighted by molar-refractivity contribution is -0.138. The number of nitrogens with one attached hydrogen (secondary N) is 3. The zero-order valence-corrected chi connectivity index (χ0v) is 14.4. The molecule has 1 fully saturated rings. The maximum Gasteiger partial charge on any atom is 0.239 e. The van der Waals surface area contributed by atoms with E-state index in [1.807, 2.05) is 0 Å². The van der Waals surface area contributed by atoms with Crippen LogP contribution in [0.4, 0.5) is 11.4 Å². The summed E-state index contributed by atoms with van der Waals surface area (Å²) in [6.07, 6.45) is 4.19. The Hall–Kier alpha value is -2.37. The molecule has 1 aromatic rings. The molecule has 6 heteroatoms. The second-order valence-electron chi connectivity index (χ2n) is 6.80. The summed E-state index contributed by atoms with van der Waals surface area (Å²) >= 11 is 0. The fourth-order valence-corrected chi connectivity index (χ4v) is 2.70. The molecule has 0 saturated heterocycles. The van der Waals surface area contributed by atoms with E-state index in [4.69, 9.17) is 0 Å². The highest BCUT2D eigenvalue weighted by Crippen LogP contribution is 2.23. The summed E-state index contributed by atoms with van der Waals surface area (Å²) in [7, 11) is 0. The molecule has 3 amide bonds. The molecule has 0 bridgehead atoms. The number of anilines is 2. The van der Waals surface area contributed by atoms with Crippen LogP contribution in [0.15, 0.2) is 24.3 Å². The third-order valence-electron chi connectivity index (χ3n) is 4.27. The number of carbonyl (C=O) groups is 3. The molecule has 24 heavy (non-hydrogen) atoms. The Kier molecular flexibility index (Phi) is 5.59. The first kappa shape index (κ1) is 18.0. The van der Waals surface area contributed by atoms with Gasteiger partial charge in [0.15, 0.2) is 0 Å². The van der Waals surface area contributed by atoms with E-state index in [-0.39, 0.29) is 23.8 Å². The molecule has 0 atom stereocenters. The van der Waals surface area contributed by atoms with Crippen LogP contribution in [0.25, 0.3) is 0 Å². The van der Waals surface area contributed by atoms with Crippen molar-refractivity contribution in [3.8, 4) is 0 Å². The van der Waals surface area contributed by atoms with Gasteiger partial charge in [-0.2, -0.15) is 0 Å². The summed E-state index contributed by atoms with van der Waals surface area (Å²) in [5.74, 6) is -0.822. The van der Waals surface area contributed by atoms with Gasteiger partial charge < -0.3 is 16.0 Å². The first-order chi connectivity index (χ1) is 11.3. The number of amides is 3. The third-order valence-corrected chi connectivity index (χ3v) is 4.27. The molecular weight excluding hydrogens is 306 g/mol. The normalized spacial score (nSPS) is 15.0. The molecule has 1 aromatic carbocycles. The van der Waals surface area contributed by atoms with Crippen LogP contribution in [0.3, 0.4) is 0 Å². The Morgan fingerprint density at radius 3 is 2.17 bits per heavy atom. The summed E-state index contributed by atoms with van der Waals surface area (Å²) in [5.41, 5.74) is -0.0476. The lowest BCUT2D eigenvalue weighted by Crippen LogP contribution is -2.47. The SMILES string of the molecule is CC(=O)Nc1cccc(NC(=O)C(C)(C)C(=O)NC2CCCC2)c1. The van der Waals surface area contributed by atoms with E-state index in [0.29, 0.717) is 11.4 Å². The molecular formula is C18H25N3O3. The second kappa shape index (κ2) is 7.47. The minimum absolute atomic E-state index is 0.174. The molecule has 0 radical (unpaired) electrons. The Bertz CT molecular complexity index is 634. The first-order valence-corrected chi connectivity index (χ1v) is 8.29. The Labute approximate surface area is 142 Å². The van der Waals surface area contributed by atoms with E-state index in [1.54, 1.807) is 38.1 Å². The van der Waals surface area contributed by atoms with E-state index >= 15 is 0 Å². The van der Waals surface area contributed by atoms with Crippen molar-refractivity contribution in [2.24, 2.45) is 5.41 Å².